The molecule has 0 aliphatic rings. The number of aromatic nitrogens is 1. The highest BCUT2D eigenvalue weighted by molar-refractivity contribution is 5.98. The smallest absolute Gasteiger partial charge is 0.406 e. The summed E-state index contributed by atoms with van der Waals surface area (Å²) in [5.41, 5.74) is 4.25. The summed E-state index contributed by atoms with van der Waals surface area (Å²) in [5.74, 6) is -1.50. The zero-order valence-electron chi connectivity index (χ0n) is 14.5. The van der Waals surface area contributed by atoms with Crippen molar-refractivity contribution in [3.05, 3.63) is 80.1 Å². The van der Waals surface area contributed by atoms with Crippen LogP contribution in [0.2, 0.25) is 0 Å². The van der Waals surface area contributed by atoms with Crippen molar-refractivity contribution in [1.29, 1.82) is 0 Å². The van der Waals surface area contributed by atoms with Gasteiger partial charge in [-0.25, -0.2) is 0 Å². The highest BCUT2D eigenvalue weighted by Crippen LogP contribution is 2.26. The topological polar surface area (TPSA) is 117 Å². The number of non-ortho nitro benzene ring substituents is 1. The minimum Gasteiger partial charge on any atom is -0.406 e. The summed E-state index contributed by atoms with van der Waals surface area (Å²) in [5, 5.41) is 11.3. The lowest BCUT2D eigenvalue weighted by Crippen LogP contribution is -2.30. The highest BCUT2D eigenvalue weighted by atomic mass is 19.4. The number of nitro groups is 1. The molecule has 0 radical (unpaired) electrons. The third kappa shape index (κ3) is 4.18. The van der Waals surface area contributed by atoms with Crippen LogP contribution in [0.15, 0.2) is 53.3 Å². The lowest BCUT2D eigenvalue weighted by atomic mass is 10.1. The number of carbonyl (C=O) groups excluding carboxylic acids is 1. The normalized spacial score (nSPS) is 11.4. The number of pyridine rings is 1. The maximum Gasteiger partial charge on any atom is 0.573 e. The lowest BCUT2D eigenvalue weighted by molar-refractivity contribution is -0.383. The van der Waals surface area contributed by atoms with E-state index < -0.39 is 34.1 Å². The van der Waals surface area contributed by atoms with E-state index in [9.17, 15) is 32.9 Å². The van der Waals surface area contributed by atoms with E-state index in [4.69, 9.17) is 5.73 Å². The Labute approximate surface area is 160 Å². The molecular formula is C18H12F3N3O5. The average Bonchev–Trinajstić information content (AvgIpc) is 2.63. The average molecular weight is 407 g/mol. The molecule has 0 atom stereocenters. The maximum atomic E-state index is 12.7. The molecule has 0 aliphatic carbocycles. The standard InChI is InChI=1S/C18H12F3N3O5/c19-18(20,21)29-11-6-4-10(5-7-11)9-23-14-2-1-3-15(24(27)28)12(14)8-13(16(22)25)17(23)26/h1-8H,9H2,(H2,22,25). The first-order chi connectivity index (χ1) is 13.6. The van der Waals surface area contributed by atoms with Gasteiger partial charge in [0.25, 0.3) is 17.2 Å². The summed E-state index contributed by atoms with van der Waals surface area (Å²) in [4.78, 5) is 35.0. The number of nitrogens with zero attached hydrogens (tertiary/aromatic N) is 2. The quantitative estimate of drug-likeness (QED) is 0.515. The van der Waals surface area contributed by atoms with Crippen molar-refractivity contribution in [2.24, 2.45) is 5.73 Å². The van der Waals surface area contributed by atoms with Crippen LogP contribution in [0.5, 0.6) is 5.75 Å². The summed E-state index contributed by atoms with van der Waals surface area (Å²) in [7, 11) is 0. The second kappa shape index (κ2) is 7.26. The second-order valence-electron chi connectivity index (χ2n) is 5.97. The van der Waals surface area contributed by atoms with E-state index in [2.05, 4.69) is 4.74 Å². The summed E-state index contributed by atoms with van der Waals surface area (Å²) in [6.07, 6.45) is -4.84. The number of fused-ring (bicyclic) bond motifs is 1. The van der Waals surface area contributed by atoms with Crippen LogP contribution in [0.3, 0.4) is 0 Å². The predicted octanol–water partition coefficient (Wildman–Crippen LogP) is 2.96. The van der Waals surface area contributed by atoms with Crippen molar-refractivity contribution in [3.63, 3.8) is 0 Å². The van der Waals surface area contributed by atoms with Crippen molar-refractivity contribution in [1.82, 2.24) is 4.57 Å². The van der Waals surface area contributed by atoms with Crippen LogP contribution in [-0.2, 0) is 6.54 Å². The van der Waals surface area contributed by atoms with Gasteiger partial charge in [-0.15, -0.1) is 13.2 Å². The van der Waals surface area contributed by atoms with Crippen molar-refractivity contribution < 1.29 is 27.6 Å². The Kier molecular flexibility index (Phi) is 4.97. The third-order valence-corrected chi connectivity index (χ3v) is 4.07. The summed E-state index contributed by atoms with van der Waals surface area (Å²) >= 11 is 0. The number of hydrogen-bond acceptors (Lipinski definition) is 5. The van der Waals surface area contributed by atoms with Crippen LogP contribution in [0.4, 0.5) is 18.9 Å². The number of amides is 1. The van der Waals surface area contributed by atoms with Gasteiger partial charge in [-0.2, -0.15) is 0 Å². The first-order valence-corrected chi connectivity index (χ1v) is 8.02. The van der Waals surface area contributed by atoms with Crippen LogP contribution >= 0.6 is 0 Å². The van der Waals surface area contributed by atoms with Crippen molar-refractivity contribution in [2.45, 2.75) is 12.9 Å². The molecule has 3 aromatic rings. The number of primary amides is 1. The molecule has 2 N–H and O–H groups in total. The van der Waals surface area contributed by atoms with Crippen LogP contribution < -0.4 is 16.0 Å². The Hall–Kier alpha value is -3.89. The van der Waals surface area contributed by atoms with Gasteiger partial charge in [0.05, 0.1) is 22.4 Å². The molecule has 0 spiro atoms. The number of hydrogen-bond donors (Lipinski definition) is 1. The Balaban J connectivity index is 2.12. The highest BCUT2D eigenvalue weighted by Gasteiger charge is 2.31. The predicted molar refractivity (Wildman–Crippen MR) is 95.6 cm³/mol. The summed E-state index contributed by atoms with van der Waals surface area (Å²) < 4.78 is 41.7. The molecule has 1 amide bonds. The maximum absolute atomic E-state index is 12.7. The van der Waals surface area contributed by atoms with E-state index in [0.717, 1.165) is 22.8 Å². The molecule has 29 heavy (non-hydrogen) atoms. The third-order valence-electron chi connectivity index (χ3n) is 4.07. The van der Waals surface area contributed by atoms with Gasteiger partial charge in [0.1, 0.15) is 11.3 Å². The van der Waals surface area contributed by atoms with Crippen molar-refractivity contribution >= 4 is 22.5 Å². The number of halogens is 3. The first kappa shape index (κ1) is 19.9. The molecule has 0 fully saturated rings. The SMILES string of the molecule is NC(=O)c1cc2c([N+](=O)[O-])cccc2n(Cc2ccc(OC(F)(F)F)cc2)c1=O. The van der Waals surface area contributed by atoms with Gasteiger partial charge in [0.2, 0.25) is 0 Å². The fourth-order valence-electron chi connectivity index (χ4n) is 2.86. The monoisotopic (exact) mass is 407 g/mol. The minimum absolute atomic E-state index is 0.0305. The molecular weight excluding hydrogens is 395 g/mol. The van der Waals surface area contributed by atoms with E-state index in [1.807, 2.05) is 0 Å². The van der Waals surface area contributed by atoms with E-state index in [0.29, 0.717) is 5.56 Å². The molecule has 11 heteroatoms. The fraction of sp³-hybridized carbons (Fsp3) is 0.111. The molecule has 0 bridgehead atoms. The number of ether oxygens (including phenoxy) is 1. The van der Waals surface area contributed by atoms with Gasteiger partial charge in [0.15, 0.2) is 0 Å². The van der Waals surface area contributed by atoms with Crippen LogP contribution in [-0.4, -0.2) is 21.8 Å². The van der Waals surface area contributed by atoms with Crippen LogP contribution in [0.25, 0.3) is 10.9 Å². The molecule has 1 aromatic heterocycles. The van der Waals surface area contributed by atoms with Crippen molar-refractivity contribution in [3.8, 4) is 5.75 Å². The largest absolute Gasteiger partial charge is 0.573 e. The van der Waals surface area contributed by atoms with Gasteiger partial charge in [-0.1, -0.05) is 18.2 Å². The molecule has 0 unspecified atom stereocenters. The summed E-state index contributed by atoms with van der Waals surface area (Å²) in [6.45, 7) is -0.163. The van der Waals surface area contributed by atoms with Crippen molar-refractivity contribution in [2.75, 3.05) is 0 Å². The number of carbonyl (C=O) groups is 1. The molecule has 1 heterocycles. The Morgan fingerprint density at radius 3 is 2.38 bits per heavy atom. The molecule has 3 rings (SSSR count). The zero-order valence-corrected chi connectivity index (χ0v) is 14.5. The Morgan fingerprint density at radius 2 is 1.83 bits per heavy atom. The molecule has 8 nitrogen and oxygen atoms in total. The van der Waals surface area contributed by atoms with E-state index >= 15 is 0 Å². The van der Waals surface area contributed by atoms with Gasteiger partial charge in [-0.3, -0.25) is 19.7 Å². The number of alkyl halides is 3. The molecule has 0 saturated heterocycles. The van der Waals surface area contributed by atoms with E-state index in [1.54, 1.807) is 0 Å². The summed E-state index contributed by atoms with van der Waals surface area (Å²) in [6, 6.07) is 9.84. The second-order valence-corrected chi connectivity index (χ2v) is 5.97. The number of nitrogens with two attached hydrogens (primary N) is 1. The van der Waals surface area contributed by atoms with Gasteiger partial charge in [0, 0.05) is 6.07 Å². The molecule has 0 aliphatic heterocycles. The minimum atomic E-state index is -4.84. The number of benzene rings is 2. The van der Waals surface area contributed by atoms with Gasteiger partial charge >= 0.3 is 6.36 Å². The molecule has 150 valence electrons. The van der Waals surface area contributed by atoms with E-state index in [-0.39, 0.29) is 23.1 Å². The van der Waals surface area contributed by atoms with Gasteiger partial charge in [-0.05, 0) is 29.8 Å². The number of rotatable bonds is 5. The zero-order chi connectivity index (χ0) is 21.3. The first-order valence-electron chi connectivity index (χ1n) is 8.02. The Bertz CT molecular complexity index is 1170. The molecule has 2 aromatic carbocycles. The lowest BCUT2D eigenvalue weighted by Gasteiger charge is -2.13. The fourth-order valence-corrected chi connectivity index (χ4v) is 2.86. The number of nitro benzene ring substituents is 1. The van der Waals surface area contributed by atoms with E-state index in [1.165, 1.54) is 30.3 Å². The molecule has 0 saturated carbocycles. The Morgan fingerprint density at radius 1 is 1.17 bits per heavy atom. The van der Waals surface area contributed by atoms with Crippen LogP contribution in [0, 0.1) is 10.1 Å². The van der Waals surface area contributed by atoms with Crippen LogP contribution in [0.1, 0.15) is 15.9 Å². The van der Waals surface area contributed by atoms with Gasteiger partial charge < -0.3 is 15.0 Å².